The topological polar surface area (TPSA) is 120 Å². The number of benzene rings is 1. The second-order valence-corrected chi connectivity index (χ2v) is 5.33. The fraction of sp³-hybridized carbons (Fsp3) is 0.167. The molecule has 8 nitrogen and oxygen atoms in total. The molecule has 2 rings (SSSR count). The van der Waals surface area contributed by atoms with E-state index in [1.54, 1.807) is 13.0 Å². The zero-order chi connectivity index (χ0) is 18.8. The number of anilines is 1. The van der Waals surface area contributed by atoms with Gasteiger partial charge in [-0.1, -0.05) is 48.6 Å². The lowest BCUT2D eigenvalue weighted by molar-refractivity contribution is -0.116. The van der Waals surface area contributed by atoms with Crippen molar-refractivity contribution < 1.29 is 4.79 Å². The van der Waals surface area contributed by atoms with Crippen molar-refractivity contribution in [3.8, 4) is 0 Å². The van der Waals surface area contributed by atoms with Crippen LogP contribution in [-0.2, 0) is 4.79 Å². The number of aromatic amines is 2. The van der Waals surface area contributed by atoms with Gasteiger partial charge in [0.2, 0.25) is 5.82 Å². The van der Waals surface area contributed by atoms with Gasteiger partial charge < -0.3 is 5.32 Å². The molecule has 2 aromatic rings. The molecule has 1 heterocycles. The molecule has 0 unspecified atom stereocenters. The normalized spacial score (nSPS) is 12.0. The van der Waals surface area contributed by atoms with Gasteiger partial charge in [0.15, 0.2) is 5.78 Å². The molecule has 0 atom stereocenters. The van der Waals surface area contributed by atoms with Gasteiger partial charge in [-0.25, -0.2) is 9.89 Å². The van der Waals surface area contributed by atoms with Crippen LogP contribution in [-0.4, -0.2) is 39.8 Å². The van der Waals surface area contributed by atoms with Gasteiger partial charge in [0.05, 0.1) is 13.1 Å². The van der Waals surface area contributed by atoms with Crippen LogP contribution in [0.1, 0.15) is 12.5 Å². The number of carbonyl (C=O) groups excluding carboxylic acids is 1. The first-order chi connectivity index (χ1) is 12.5. The summed E-state index contributed by atoms with van der Waals surface area (Å²) in [6.45, 7) is 1.66. The van der Waals surface area contributed by atoms with Gasteiger partial charge in [0, 0.05) is 5.71 Å². The summed E-state index contributed by atoms with van der Waals surface area (Å²) in [7, 11) is 0. The molecule has 1 aromatic heterocycles. The largest absolute Gasteiger partial charge is 0.357 e. The SMILES string of the molecule is CC(/C=C/C=C/c1ccccc1)=NCC(=O)CNc1n[nH]c(=O)[nH]c1=O. The smallest absolute Gasteiger partial charge is 0.342 e. The Kier molecular flexibility index (Phi) is 6.99. The van der Waals surface area contributed by atoms with Crippen LogP contribution >= 0.6 is 0 Å². The Bertz CT molecular complexity index is 939. The van der Waals surface area contributed by atoms with Crippen LogP contribution in [0.2, 0.25) is 0 Å². The molecule has 8 heteroatoms. The van der Waals surface area contributed by atoms with E-state index >= 15 is 0 Å². The first-order valence-electron chi connectivity index (χ1n) is 7.90. The first kappa shape index (κ1) is 18.8. The third kappa shape index (κ3) is 6.52. The summed E-state index contributed by atoms with van der Waals surface area (Å²) < 4.78 is 0. The lowest BCUT2D eigenvalue weighted by Gasteiger charge is -2.01. The molecule has 0 radical (unpaired) electrons. The number of ketones is 1. The first-order valence-corrected chi connectivity index (χ1v) is 7.90. The number of aliphatic imine (C=N–C) groups is 1. The van der Waals surface area contributed by atoms with Gasteiger partial charge in [-0.3, -0.25) is 19.6 Å². The van der Waals surface area contributed by atoms with Crippen LogP contribution in [0.3, 0.4) is 0 Å². The van der Waals surface area contributed by atoms with E-state index in [1.165, 1.54) is 0 Å². The number of nitrogens with zero attached hydrogens (tertiary/aromatic N) is 2. The van der Waals surface area contributed by atoms with Crippen molar-refractivity contribution in [1.29, 1.82) is 0 Å². The van der Waals surface area contributed by atoms with Crippen LogP contribution in [0, 0.1) is 0 Å². The number of hydrogen-bond acceptors (Lipinski definition) is 6. The zero-order valence-electron chi connectivity index (χ0n) is 14.2. The minimum Gasteiger partial charge on any atom is -0.357 e. The van der Waals surface area contributed by atoms with Gasteiger partial charge in [0.1, 0.15) is 0 Å². The molecule has 0 spiro atoms. The Labute approximate surface area is 149 Å². The maximum Gasteiger partial charge on any atom is 0.342 e. The number of hydrogen-bond donors (Lipinski definition) is 3. The van der Waals surface area contributed by atoms with Crippen LogP contribution in [0.5, 0.6) is 0 Å². The highest BCUT2D eigenvalue weighted by atomic mass is 16.2. The van der Waals surface area contributed by atoms with Crippen LogP contribution in [0.15, 0.2) is 63.1 Å². The average molecular weight is 353 g/mol. The predicted octanol–water partition coefficient (Wildman–Crippen LogP) is 1.17. The third-order valence-electron chi connectivity index (χ3n) is 3.21. The lowest BCUT2D eigenvalue weighted by Crippen LogP contribution is -2.29. The number of Topliss-reactive ketones (excluding diaryl/α,β-unsaturated/α-hetero) is 1. The Morgan fingerprint density at radius 2 is 2.00 bits per heavy atom. The molecule has 0 aliphatic carbocycles. The molecule has 0 amide bonds. The molecule has 134 valence electrons. The van der Waals surface area contributed by atoms with Gasteiger partial charge in [-0.05, 0) is 18.6 Å². The van der Waals surface area contributed by atoms with Crippen molar-refractivity contribution in [2.24, 2.45) is 4.99 Å². The van der Waals surface area contributed by atoms with Gasteiger partial charge >= 0.3 is 5.69 Å². The molecule has 0 saturated carbocycles. The Morgan fingerprint density at radius 1 is 1.23 bits per heavy atom. The van der Waals surface area contributed by atoms with Crippen molar-refractivity contribution in [3.63, 3.8) is 0 Å². The third-order valence-corrected chi connectivity index (χ3v) is 3.21. The Balaban J connectivity index is 1.79. The number of H-pyrrole nitrogens is 2. The van der Waals surface area contributed by atoms with Crippen LogP contribution < -0.4 is 16.6 Å². The maximum absolute atomic E-state index is 11.8. The van der Waals surface area contributed by atoms with E-state index in [4.69, 9.17) is 0 Å². The fourth-order valence-electron chi connectivity index (χ4n) is 1.90. The van der Waals surface area contributed by atoms with Crippen molar-refractivity contribution in [2.75, 3.05) is 18.4 Å². The maximum atomic E-state index is 11.8. The molecule has 3 N–H and O–H groups in total. The van der Waals surface area contributed by atoms with E-state index in [0.29, 0.717) is 5.71 Å². The molecule has 0 saturated heterocycles. The van der Waals surface area contributed by atoms with E-state index < -0.39 is 11.2 Å². The average Bonchev–Trinajstić information content (AvgIpc) is 2.63. The van der Waals surface area contributed by atoms with E-state index in [2.05, 4.69) is 20.5 Å². The van der Waals surface area contributed by atoms with Crippen molar-refractivity contribution in [2.45, 2.75) is 6.92 Å². The van der Waals surface area contributed by atoms with E-state index in [9.17, 15) is 14.4 Å². The van der Waals surface area contributed by atoms with E-state index in [0.717, 1.165) is 5.56 Å². The molecule has 0 fully saturated rings. The zero-order valence-corrected chi connectivity index (χ0v) is 14.2. The number of aromatic nitrogens is 3. The van der Waals surface area contributed by atoms with Gasteiger partial charge in [-0.2, -0.15) is 0 Å². The summed E-state index contributed by atoms with van der Waals surface area (Å²) in [5.41, 5.74) is 0.407. The van der Waals surface area contributed by atoms with Crippen molar-refractivity contribution in [3.05, 3.63) is 75.0 Å². The van der Waals surface area contributed by atoms with Crippen molar-refractivity contribution >= 4 is 23.4 Å². The molecule has 0 aliphatic rings. The van der Waals surface area contributed by atoms with Gasteiger partial charge in [0.25, 0.3) is 5.56 Å². The Morgan fingerprint density at radius 3 is 2.73 bits per heavy atom. The van der Waals surface area contributed by atoms with E-state index in [1.807, 2.05) is 53.5 Å². The number of allylic oxidation sites excluding steroid dienone is 3. The highest BCUT2D eigenvalue weighted by molar-refractivity contribution is 5.95. The second kappa shape index (κ2) is 9.67. The quantitative estimate of drug-likeness (QED) is 0.486. The highest BCUT2D eigenvalue weighted by Crippen LogP contribution is 2.00. The molecule has 26 heavy (non-hydrogen) atoms. The van der Waals surface area contributed by atoms with E-state index in [-0.39, 0.29) is 24.7 Å². The highest BCUT2D eigenvalue weighted by Gasteiger charge is 2.05. The van der Waals surface area contributed by atoms with Crippen molar-refractivity contribution in [1.82, 2.24) is 15.2 Å². The number of carbonyl (C=O) groups is 1. The second-order valence-electron chi connectivity index (χ2n) is 5.33. The van der Waals surface area contributed by atoms with Gasteiger partial charge in [-0.15, -0.1) is 5.10 Å². The van der Waals surface area contributed by atoms with Crippen LogP contribution in [0.4, 0.5) is 5.82 Å². The summed E-state index contributed by atoms with van der Waals surface area (Å²) in [6, 6.07) is 9.88. The number of rotatable bonds is 8. The molecular formula is C18H19N5O3. The molecular weight excluding hydrogens is 334 g/mol. The minimum absolute atomic E-state index is 0.0210. The number of nitrogens with one attached hydrogen (secondary N) is 3. The minimum atomic E-state index is -0.708. The molecule has 0 bridgehead atoms. The Hall–Kier alpha value is -3.55. The summed E-state index contributed by atoms with van der Waals surface area (Å²) in [4.78, 5) is 40.2. The lowest BCUT2D eigenvalue weighted by atomic mass is 10.2. The monoisotopic (exact) mass is 353 g/mol. The summed E-state index contributed by atoms with van der Waals surface area (Å²) in [5, 5.41) is 8.16. The summed E-state index contributed by atoms with van der Waals surface area (Å²) in [6.07, 6.45) is 7.51. The fourth-order valence-corrected chi connectivity index (χ4v) is 1.90. The standard InChI is InChI=1S/C18H19N5O3/c1-13(7-5-6-10-14-8-3-2-4-9-14)19-11-15(24)12-20-16-17(25)21-18(26)23-22-16/h2-10H,11-12H2,1H3,(H,20,22)(H2,21,23,25,26)/b7-5+,10-6+,19-13?. The summed E-state index contributed by atoms with van der Waals surface area (Å²) >= 11 is 0. The predicted molar refractivity (Wildman–Crippen MR) is 102 cm³/mol. The molecule has 1 aromatic carbocycles. The molecule has 0 aliphatic heterocycles. The summed E-state index contributed by atoms with van der Waals surface area (Å²) in [5.74, 6) is -0.338. The van der Waals surface area contributed by atoms with Crippen LogP contribution in [0.25, 0.3) is 6.08 Å².